The predicted molar refractivity (Wildman–Crippen MR) is 59.3 cm³/mol. The van der Waals surface area contributed by atoms with E-state index in [1.807, 2.05) is 29.9 Å². The van der Waals surface area contributed by atoms with Gasteiger partial charge in [-0.05, 0) is 25.0 Å². The van der Waals surface area contributed by atoms with Crippen molar-refractivity contribution in [3.8, 4) is 0 Å². The molecule has 0 aliphatic rings. The minimum Gasteiger partial charge on any atom is -0.382 e. The summed E-state index contributed by atoms with van der Waals surface area (Å²) in [5, 5.41) is 4.20. The van der Waals surface area contributed by atoms with E-state index in [9.17, 15) is 0 Å². The van der Waals surface area contributed by atoms with Crippen LogP contribution in [0.1, 0.15) is 11.3 Å². The van der Waals surface area contributed by atoms with Crippen molar-refractivity contribution < 1.29 is 0 Å². The van der Waals surface area contributed by atoms with Crippen LogP contribution in [-0.4, -0.2) is 14.8 Å². The predicted octanol–water partition coefficient (Wildman–Crippen LogP) is 1.41. The number of nitrogen functional groups attached to an aromatic ring is 1. The number of nitrogens with two attached hydrogens (primary N) is 1. The van der Waals surface area contributed by atoms with Gasteiger partial charge in [0, 0.05) is 30.7 Å². The van der Waals surface area contributed by atoms with Crippen LogP contribution in [0.2, 0.25) is 0 Å². The molecule has 2 N–H and O–H groups in total. The SMILES string of the molecule is Cc1cc(N)nn1CCc1cccnc1. The Kier molecular flexibility index (Phi) is 2.67. The van der Waals surface area contributed by atoms with Crippen molar-refractivity contribution in [3.05, 3.63) is 41.9 Å². The molecule has 0 aromatic carbocycles. The largest absolute Gasteiger partial charge is 0.382 e. The number of rotatable bonds is 3. The zero-order chi connectivity index (χ0) is 10.7. The molecule has 0 aliphatic heterocycles. The van der Waals surface area contributed by atoms with Crippen LogP contribution in [-0.2, 0) is 13.0 Å². The van der Waals surface area contributed by atoms with Crippen LogP contribution in [0.15, 0.2) is 30.6 Å². The number of hydrogen-bond donors (Lipinski definition) is 1. The highest BCUT2D eigenvalue weighted by molar-refractivity contribution is 5.28. The van der Waals surface area contributed by atoms with E-state index < -0.39 is 0 Å². The van der Waals surface area contributed by atoms with E-state index in [0.29, 0.717) is 5.82 Å². The van der Waals surface area contributed by atoms with Crippen LogP contribution in [0.4, 0.5) is 5.82 Å². The summed E-state index contributed by atoms with van der Waals surface area (Å²) in [6.45, 7) is 2.85. The number of pyridine rings is 1. The molecule has 0 atom stereocenters. The Labute approximate surface area is 88.8 Å². The Morgan fingerprint density at radius 2 is 2.33 bits per heavy atom. The van der Waals surface area contributed by atoms with Gasteiger partial charge in [-0.3, -0.25) is 9.67 Å². The standard InChI is InChI=1S/C11H14N4/c1-9-7-11(12)14-15(9)6-4-10-3-2-5-13-8-10/h2-3,5,7-8H,4,6H2,1H3,(H2,12,14). The number of anilines is 1. The summed E-state index contributed by atoms with van der Waals surface area (Å²) < 4.78 is 1.92. The van der Waals surface area contributed by atoms with E-state index in [1.165, 1.54) is 5.56 Å². The molecule has 0 radical (unpaired) electrons. The van der Waals surface area contributed by atoms with Crippen LogP contribution in [0.3, 0.4) is 0 Å². The van der Waals surface area contributed by atoms with Gasteiger partial charge in [0.1, 0.15) is 5.82 Å². The van der Waals surface area contributed by atoms with Crippen molar-refractivity contribution in [3.63, 3.8) is 0 Å². The Balaban J connectivity index is 2.02. The quantitative estimate of drug-likeness (QED) is 0.818. The van der Waals surface area contributed by atoms with Crippen molar-refractivity contribution in [2.75, 3.05) is 5.73 Å². The molecule has 2 aromatic rings. The zero-order valence-corrected chi connectivity index (χ0v) is 8.72. The maximum atomic E-state index is 5.60. The Hall–Kier alpha value is -1.84. The monoisotopic (exact) mass is 202 g/mol. The third-order valence-electron chi connectivity index (χ3n) is 2.34. The topological polar surface area (TPSA) is 56.7 Å². The van der Waals surface area contributed by atoms with E-state index >= 15 is 0 Å². The molecule has 78 valence electrons. The lowest BCUT2D eigenvalue weighted by Crippen LogP contribution is -2.05. The Morgan fingerprint density at radius 3 is 2.93 bits per heavy atom. The summed E-state index contributed by atoms with van der Waals surface area (Å²) >= 11 is 0. The minimum absolute atomic E-state index is 0.582. The summed E-state index contributed by atoms with van der Waals surface area (Å²) in [6, 6.07) is 5.89. The highest BCUT2D eigenvalue weighted by Crippen LogP contribution is 2.06. The van der Waals surface area contributed by atoms with Gasteiger partial charge in [-0.2, -0.15) is 5.10 Å². The van der Waals surface area contributed by atoms with E-state index in [0.717, 1.165) is 18.7 Å². The molecule has 0 bridgehead atoms. The summed E-state index contributed by atoms with van der Waals surface area (Å²) in [5.41, 5.74) is 7.91. The second-order valence-corrected chi connectivity index (χ2v) is 3.55. The molecule has 0 unspecified atom stereocenters. The molecule has 0 spiro atoms. The first-order chi connectivity index (χ1) is 7.25. The lowest BCUT2D eigenvalue weighted by Gasteiger charge is -2.03. The molecule has 2 aromatic heterocycles. The fraction of sp³-hybridized carbons (Fsp3) is 0.273. The van der Waals surface area contributed by atoms with Gasteiger partial charge >= 0.3 is 0 Å². The first kappa shape index (κ1) is 9.71. The van der Waals surface area contributed by atoms with Gasteiger partial charge in [0.25, 0.3) is 0 Å². The number of aromatic nitrogens is 3. The number of hydrogen-bond acceptors (Lipinski definition) is 3. The van der Waals surface area contributed by atoms with E-state index in [1.54, 1.807) is 6.20 Å². The average Bonchev–Trinajstić information content (AvgIpc) is 2.56. The molecule has 4 heteroatoms. The summed E-state index contributed by atoms with van der Waals surface area (Å²) in [7, 11) is 0. The first-order valence-corrected chi connectivity index (χ1v) is 4.94. The van der Waals surface area contributed by atoms with Crippen LogP contribution >= 0.6 is 0 Å². The van der Waals surface area contributed by atoms with Crippen molar-refractivity contribution in [1.29, 1.82) is 0 Å². The van der Waals surface area contributed by atoms with E-state index in [4.69, 9.17) is 5.73 Å². The zero-order valence-electron chi connectivity index (χ0n) is 8.72. The number of aryl methyl sites for hydroxylation is 3. The molecule has 0 fully saturated rings. The molecular formula is C11H14N4. The Morgan fingerprint density at radius 1 is 1.47 bits per heavy atom. The number of nitrogens with zero attached hydrogens (tertiary/aromatic N) is 3. The van der Waals surface area contributed by atoms with Gasteiger partial charge in [0.15, 0.2) is 0 Å². The van der Waals surface area contributed by atoms with Crippen LogP contribution in [0.5, 0.6) is 0 Å². The van der Waals surface area contributed by atoms with Crippen LogP contribution in [0.25, 0.3) is 0 Å². The summed E-state index contributed by atoms with van der Waals surface area (Å²) in [4.78, 5) is 4.07. The molecule has 2 rings (SSSR count). The van der Waals surface area contributed by atoms with Crippen LogP contribution < -0.4 is 5.73 Å². The van der Waals surface area contributed by atoms with E-state index in [2.05, 4.69) is 16.1 Å². The van der Waals surface area contributed by atoms with Gasteiger partial charge in [0.2, 0.25) is 0 Å². The van der Waals surface area contributed by atoms with Crippen molar-refractivity contribution in [2.45, 2.75) is 19.9 Å². The second-order valence-electron chi connectivity index (χ2n) is 3.55. The molecule has 0 amide bonds. The molecule has 0 aliphatic carbocycles. The van der Waals surface area contributed by atoms with Gasteiger partial charge in [-0.1, -0.05) is 6.07 Å². The van der Waals surface area contributed by atoms with Crippen molar-refractivity contribution >= 4 is 5.82 Å². The van der Waals surface area contributed by atoms with Gasteiger partial charge in [0.05, 0.1) is 0 Å². The smallest absolute Gasteiger partial charge is 0.145 e. The molecule has 2 heterocycles. The van der Waals surface area contributed by atoms with Gasteiger partial charge in [-0.15, -0.1) is 0 Å². The molecule has 4 nitrogen and oxygen atoms in total. The maximum Gasteiger partial charge on any atom is 0.145 e. The highest BCUT2D eigenvalue weighted by atomic mass is 15.3. The lowest BCUT2D eigenvalue weighted by molar-refractivity contribution is 0.600. The molecular weight excluding hydrogens is 188 g/mol. The maximum absolute atomic E-state index is 5.60. The minimum atomic E-state index is 0.582. The lowest BCUT2D eigenvalue weighted by atomic mass is 10.2. The van der Waals surface area contributed by atoms with Crippen molar-refractivity contribution in [1.82, 2.24) is 14.8 Å². The third kappa shape index (κ3) is 2.34. The molecule has 0 saturated heterocycles. The highest BCUT2D eigenvalue weighted by Gasteiger charge is 2.01. The normalized spacial score (nSPS) is 10.5. The van der Waals surface area contributed by atoms with Crippen molar-refractivity contribution in [2.24, 2.45) is 0 Å². The van der Waals surface area contributed by atoms with E-state index in [-0.39, 0.29) is 0 Å². The molecule has 15 heavy (non-hydrogen) atoms. The first-order valence-electron chi connectivity index (χ1n) is 4.94. The van der Waals surface area contributed by atoms with Gasteiger partial charge < -0.3 is 5.73 Å². The molecule has 0 saturated carbocycles. The summed E-state index contributed by atoms with van der Waals surface area (Å²) in [6.07, 6.45) is 4.58. The fourth-order valence-electron chi connectivity index (χ4n) is 1.54. The van der Waals surface area contributed by atoms with Crippen LogP contribution in [0, 0.1) is 6.92 Å². The Bertz CT molecular complexity index is 433. The average molecular weight is 202 g/mol. The third-order valence-corrected chi connectivity index (χ3v) is 2.34. The summed E-state index contributed by atoms with van der Waals surface area (Å²) in [5.74, 6) is 0.582. The van der Waals surface area contributed by atoms with Gasteiger partial charge in [-0.25, -0.2) is 0 Å². The fourth-order valence-corrected chi connectivity index (χ4v) is 1.54. The second kappa shape index (κ2) is 4.13.